The monoisotopic (exact) mass is 329 g/mol. The van der Waals surface area contributed by atoms with Crippen molar-refractivity contribution < 1.29 is 13.2 Å². The molecule has 5 heteroatoms. The van der Waals surface area contributed by atoms with Crippen LogP contribution in [0.4, 0.5) is 13.2 Å². The molecule has 0 bridgehead atoms. The van der Waals surface area contributed by atoms with E-state index < -0.39 is 16.0 Å². The van der Waals surface area contributed by atoms with Gasteiger partial charge in [0.15, 0.2) is 9.58 Å². The first-order chi connectivity index (χ1) is 9.47. The minimum Gasteiger partial charge on any atom is -0.147 e. The van der Waals surface area contributed by atoms with Gasteiger partial charge in [0.2, 0.25) is 0 Å². The van der Waals surface area contributed by atoms with Crippen molar-refractivity contribution in [3.8, 4) is 10.4 Å². The van der Waals surface area contributed by atoms with E-state index in [9.17, 15) is 13.2 Å². The summed E-state index contributed by atoms with van der Waals surface area (Å²) in [5.74, 6) is 0. The van der Waals surface area contributed by atoms with Crippen LogP contribution >= 0.6 is 22.9 Å². The first kappa shape index (κ1) is 15.9. The number of aryl methyl sites for hydroxylation is 1. The Labute approximate surface area is 129 Å². The van der Waals surface area contributed by atoms with Crippen molar-refractivity contribution in [2.75, 3.05) is 0 Å². The lowest BCUT2D eigenvalue weighted by Gasteiger charge is -2.01. The third-order valence-electron chi connectivity index (χ3n) is 3.21. The Bertz CT molecular complexity index is 757. The minimum atomic E-state index is -4.25. The fourth-order valence-electron chi connectivity index (χ4n) is 2.27. The Hall–Kier alpha value is -1.52. The zero-order chi connectivity index (χ0) is 14.3. The number of benzene rings is 2. The highest BCUT2D eigenvalue weighted by Crippen LogP contribution is 2.54. The van der Waals surface area contributed by atoms with Crippen LogP contribution in [0, 0.1) is 6.92 Å². The van der Waals surface area contributed by atoms with Crippen LogP contribution in [0.3, 0.4) is 0 Å². The van der Waals surface area contributed by atoms with Gasteiger partial charge in [-0.3, -0.25) is 0 Å². The van der Waals surface area contributed by atoms with Gasteiger partial charge in [-0.1, -0.05) is 29.8 Å². The largest absolute Gasteiger partial charge is 0.601 e. The Balaban J connectivity index is 0.00000161. The van der Waals surface area contributed by atoms with Crippen LogP contribution in [0.2, 0.25) is 0 Å². The van der Waals surface area contributed by atoms with Gasteiger partial charge in [-0.2, -0.15) is 0 Å². The number of alkyl halides is 3. The Morgan fingerprint density at radius 3 is 2.14 bits per heavy atom. The molecule has 1 atom stereocenters. The highest BCUT2D eigenvalue weighted by atomic mass is 35.5. The second-order valence-electron chi connectivity index (χ2n) is 4.66. The molecule has 0 spiro atoms. The van der Waals surface area contributed by atoms with E-state index >= 15 is 0 Å². The lowest BCUT2D eigenvalue weighted by Crippen LogP contribution is -1.96. The van der Waals surface area contributed by atoms with E-state index in [1.165, 1.54) is 0 Å². The van der Waals surface area contributed by atoms with Crippen molar-refractivity contribution in [1.82, 2.24) is 0 Å². The summed E-state index contributed by atoms with van der Waals surface area (Å²) in [6, 6.07) is 15.6. The summed E-state index contributed by atoms with van der Waals surface area (Å²) < 4.78 is 40.6. The number of halogens is 4. The number of hydrogen-bond donors (Lipinski definition) is 0. The molecule has 2 aromatic carbocycles. The lowest BCUT2D eigenvalue weighted by atomic mass is 10.1. The fourth-order valence-corrected chi connectivity index (χ4v) is 4.20. The molecule has 110 valence electrons. The zero-order valence-corrected chi connectivity index (χ0v) is 12.8. The molecule has 1 unspecified atom stereocenters. The van der Waals surface area contributed by atoms with E-state index in [0.717, 1.165) is 5.56 Å². The summed E-state index contributed by atoms with van der Waals surface area (Å²) in [4.78, 5) is 0.360. The van der Waals surface area contributed by atoms with Gasteiger partial charge in [0.05, 0.1) is 0 Å². The van der Waals surface area contributed by atoms with E-state index in [4.69, 9.17) is 0 Å². The van der Waals surface area contributed by atoms with Crippen LogP contribution in [-0.2, 0) is 5.51 Å². The summed E-state index contributed by atoms with van der Waals surface area (Å²) in [5.41, 5.74) is -2.56. The predicted octanol–water partition coefficient (Wildman–Crippen LogP) is 6.46. The van der Waals surface area contributed by atoms with Crippen molar-refractivity contribution in [3.05, 3.63) is 60.2 Å². The van der Waals surface area contributed by atoms with Crippen LogP contribution in [-0.4, -0.2) is 0 Å². The third kappa shape index (κ3) is 2.92. The second kappa shape index (κ2) is 5.70. The molecule has 0 aliphatic heterocycles. The van der Waals surface area contributed by atoms with Gasteiger partial charge >= 0.3 is 5.51 Å². The molecule has 0 aliphatic carbocycles. The quantitative estimate of drug-likeness (QED) is 0.449. The van der Waals surface area contributed by atoms with Gasteiger partial charge in [-0.05, 0) is 31.2 Å². The third-order valence-corrected chi connectivity index (χ3v) is 5.28. The maximum absolute atomic E-state index is 13.4. The summed E-state index contributed by atoms with van der Waals surface area (Å²) >= 11 is 0. The molecule has 3 aromatic rings. The van der Waals surface area contributed by atoms with Crippen LogP contribution < -0.4 is 0 Å². The molecule has 0 aliphatic rings. The second-order valence-corrected chi connectivity index (χ2v) is 6.62. The Morgan fingerprint density at radius 1 is 0.905 bits per heavy atom. The molecule has 0 saturated heterocycles. The topological polar surface area (TPSA) is 0 Å². The van der Waals surface area contributed by atoms with Crippen molar-refractivity contribution in [1.29, 1.82) is 0 Å². The zero-order valence-electron chi connectivity index (χ0n) is 11.1. The van der Waals surface area contributed by atoms with E-state index in [1.54, 1.807) is 42.5 Å². The van der Waals surface area contributed by atoms with Gasteiger partial charge < -0.3 is 0 Å². The van der Waals surface area contributed by atoms with Crippen LogP contribution in [0.1, 0.15) is 5.56 Å². The summed E-state index contributed by atoms with van der Waals surface area (Å²) in [7, 11) is -1.85. The minimum absolute atomic E-state index is 0. The number of thiophene rings is 1. The van der Waals surface area contributed by atoms with E-state index in [0.29, 0.717) is 20.5 Å². The lowest BCUT2D eigenvalue weighted by molar-refractivity contribution is -0.0864. The smallest absolute Gasteiger partial charge is 0.147 e. The molecule has 21 heavy (non-hydrogen) atoms. The van der Waals surface area contributed by atoms with E-state index in [1.807, 2.05) is 19.1 Å². The van der Waals surface area contributed by atoms with Gasteiger partial charge in [0.1, 0.15) is 10.5 Å². The van der Waals surface area contributed by atoms with Gasteiger partial charge in [-0.15, -0.1) is 25.6 Å². The highest BCUT2D eigenvalue weighted by molar-refractivity contribution is 7.41. The average Bonchev–Trinajstić information content (AvgIpc) is 2.78. The molecule has 1 heterocycles. The first-order valence-electron chi connectivity index (χ1n) is 6.16. The SMILES string of the molecule is Cc1ccc(-c2cc3ccccc3[s+]2C(F)(F)F)cc1.Cl. The number of rotatable bonds is 1. The molecule has 0 fully saturated rings. The maximum Gasteiger partial charge on any atom is 0.601 e. The molecule has 0 N–H and O–H groups in total. The normalized spacial score (nSPS) is 12.3. The maximum atomic E-state index is 13.4. The van der Waals surface area contributed by atoms with Crippen molar-refractivity contribution in [2.45, 2.75) is 12.4 Å². The molecule has 1 aromatic heterocycles. The Morgan fingerprint density at radius 2 is 1.52 bits per heavy atom. The summed E-state index contributed by atoms with van der Waals surface area (Å²) in [6.45, 7) is 1.92. The van der Waals surface area contributed by atoms with Crippen LogP contribution in [0.15, 0.2) is 54.6 Å². The number of hydrogen-bond acceptors (Lipinski definition) is 0. The van der Waals surface area contributed by atoms with Crippen molar-refractivity contribution in [3.63, 3.8) is 0 Å². The number of fused-ring (bicyclic) bond motifs is 1. The molecule has 0 radical (unpaired) electrons. The van der Waals surface area contributed by atoms with E-state index in [2.05, 4.69) is 0 Å². The molecule has 0 amide bonds. The van der Waals surface area contributed by atoms with Crippen molar-refractivity contribution in [2.24, 2.45) is 0 Å². The summed E-state index contributed by atoms with van der Waals surface area (Å²) in [6.07, 6.45) is 0. The summed E-state index contributed by atoms with van der Waals surface area (Å²) in [5, 5.41) is 0.670. The molecule has 0 nitrogen and oxygen atoms in total. The average molecular weight is 330 g/mol. The van der Waals surface area contributed by atoms with Gasteiger partial charge in [-0.25, -0.2) is 0 Å². The first-order valence-corrected chi connectivity index (χ1v) is 7.38. The van der Waals surface area contributed by atoms with Crippen LogP contribution in [0.25, 0.3) is 20.5 Å². The van der Waals surface area contributed by atoms with Crippen LogP contribution in [0.5, 0.6) is 0 Å². The highest BCUT2D eigenvalue weighted by Gasteiger charge is 2.48. The standard InChI is InChI=1S/C16H12F3S.ClH/c1-11-6-8-12(9-7-11)15-10-13-4-2-3-5-14(13)20(15)16(17,18)19;/h2-10H,1H3;1H/q+1;. The molecule has 3 rings (SSSR count). The van der Waals surface area contributed by atoms with E-state index in [-0.39, 0.29) is 12.4 Å². The molecular formula is C16H13ClF3S+. The predicted molar refractivity (Wildman–Crippen MR) is 85.1 cm³/mol. The van der Waals surface area contributed by atoms with Gasteiger partial charge in [0, 0.05) is 17.0 Å². The Kier molecular flexibility index (Phi) is 4.30. The van der Waals surface area contributed by atoms with Crippen molar-refractivity contribution >= 4 is 33.0 Å². The molecular weight excluding hydrogens is 317 g/mol. The molecule has 0 saturated carbocycles. The fraction of sp³-hybridized carbons (Fsp3) is 0.125. The van der Waals surface area contributed by atoms with Gasteiger partial charge in [0.25, 0.3) is 0 Å².